The summed E-state index contributed by atoms with van der Waals surface area (Å²) < 4.78 is 0. The highest BCUT2D eigenvalue weighted by Gasteiger charge is 1.99. The number of hydrazine groups is 1. The van der Waals surface area contributed by atoms with E-state index in [4.69, 9.17) is 29.0 Å². The predicted octanol–water partition coefficient (Wildman–Crippen LogP) is 2.00. The van der Waals surface area contributed by atoms with Gasteiger partial charge < -0.3 is 0 Å². The van der Waals surface area contributed by atoms with E-state index in [1.54, 1.807) is 12.1 Å². The van der Waals surface area contributed by atoms with Crippen molar-refractivity contribution in [1.29, 1.82) is 0 Å². The van der Waals surface area contributed by atoms with Gasteiger partial charge in [-0.3, -0.25) is 11.3 Å². The molecule has 0 spiro atoms. The smallest absolute Gasteiger partial charge is 0.0439 e. The lowest BCUT2D eigenvalue weighted by Crippen LogP contribution is -2.24. The van der Waals surface area contributed by atoms with E-state index in [0.717, 1.165) is 17.0 Å². The quantitative estimate of drug-likeness (QED) is 0.585. The Bertz CT molecular complexity index is 263. The summed E-state index contributed by atoms with van der Waals surface area (Å²) in [5.74, 6) is 5.14. The summed E-state index contributed by atoms with van der Waals surface area (Å²) in [5, 5.41) is 1.43. The fraction of sp³-hybridized carbons (Fsp3) is 0.250. The van der Waals surface area contributed by atoms with Crippen molar-refractivity contribution in [3.8, 4) is 0 Å². The second kappa shape index (κ2) is 4.67. The maximum atomic E-state index is 5.90. The first-order chi connectivity index (χ1) is 5.74. The standard InChI is InChI=1S/C8H10Cl2N2/c9-7-1-2-8(10)6(5-7)3-4-12-11/h1-2,5,12H,3-4,11H2. The molecule has 1 aromatic carbocycles. The van der Waals surface area contributed by atoms with Crippen LogP contribution in [0, 0.1) is 0 Å². The molecule has 0 fully saturated rings. The van der Waals surface area contributed by atoms with Crippen molar-refractivity contribution < 1.29 is 0 Å². The third kappa shape index (κ3) is 2.64. The van der Waals surface area contributed by atoms with E-state index in [9.17, 15) is 0 Å². The Hall–Kier alpha value is -0.280. The van der Waals surface area contributed by atoms with Gasteiger partial charge in [0.05, 0.1) is 0 Å². The van der Waals surface area contributed by atoms with Crippen molar-refractivity contribution in [3.05, 3.63) is 33.8 Å². The van der Waals surface area contributed by atoms with Crippen LogP contribution in [0.1, 0.15) is 5.56 Å². The van der Waals surface area contributed by atoms with Gasteiger partial charge in [-0.15, -0.1) is 0 Å². The Labute approximate surface area is 81.6 Å². The van der Waals surface area contributed by atoms with Crippen LogP contribution in [-0.2, 0) is 6.42 Å². The van der Waals surface area contributed by atoms with Crippen LogP contribution in [-0.4, -0.2) is 6.54 Å². The van der Waals surface area contributed by atoms with Crippen LogP contribution in [0.3, 0.4) is 0 Å². The first kappa shape index (κ1) is 9.81. The van der Waals surface area contributed by atoms with Crippen LogP contribution in [0.5, 0.6) is 0 Å². The zero-order valence-electron chi connectivity index (χ0n) is 6.48. The largest absolute Gasteiger partial charge is 0.271 e. The van der Waals surface area contributed by atoms with Crippen molar-refractivity contribution in [3.63, 3.8) is 0 Å². The first-order valence-corrected chi connectivity index (χ1v) is 4.37. The molecule has 66 valence electrons. The molecule has 0 aromatic heterocycles. The van der Waals surface area contributed by atoms with Crippen molar-refractivity contribution in [1.82, 2.24) is 5.43 Å². The normalized spacial score (nSPS) is 10.2. The fourth-order valence-electron chi connectivity index (χ4n) is 0.942. The second-order valence-electron chi connectivity index (χ2n) is 2.44. The lowest BCUT2D eigenvalue weighted by molar-refractivity contribution is 0.728. The minimum Gasteiger partial charge on any atom is -0.271 e. The van der Waals surface area contributed by atoms with Gasteiger partial charge in [0.2, 0.25) is 0 Å². The third-order valence-electron chi connectivity index (χ3n) is 1.55. The monoisotopic (exact) mass is 204 g/mol. The van der Waals surface area contributed by atoms with Crippen LogP contribution < -0.4 is 11.3 Å². The lowest BCUT2D eigenvalue weighted by atomic mass is 10.1. The van der Waals surface area contributed by atoms with E-state index < -0.39 is 0 Å². The molecular weight excluding hydrogens is 195 g/mol. The summed E-state index contributed by atoms with van der Waals surface area (Å²) in [6.07, 6.45) is 0.788. The van der Waals surface area contributed by atoms with Gasteiger partial charge in [0.1, 0.15) is 0 Å². The average molecular weight is 205 g/mol. The number of halogens is 2. The zero-order chi connectivity index (χ0) is 8.97. The predicted molar refractivity (Wildman–Crippen MR) is 52.4 cm³/mol. The van der Waals surface area contributed by atoms with Gasteiger partial charge in [-0.1, -0.05) is 23.2 Å². The van der Waals surface area contributed by atoms with E-state index in [1.165, 1.54) is 0 Å². The van der Waals surface area contributed by atoms with Gasteiger partial charge in [-0.2, -0.15) is 0 Å². The molecular formula is C8H10Cl2N2. The molecule has 0 heterocycles. The zero-order valence-corrected chi connectivity index (χ0v) is 7.99. The molecule has 1 rings (SSSR count). The molecule has 0 amide bonds. The van der Waals surface area contributed by atoms with Crippen molar-refractivity contribution in [2.45, 2.75) is 6.42 Å². The van der Waals surface area contributed by atoms with Gasteiger partial charge in [0.15, 0.2) is 0 Å². The van der Waals surface area contributed by atoms with Gasteiger partial charge in [0, 0.05) is 16.6 Å². The summed E-state index contributed by atoms with van der Waals surface area (Å²) in [5.41, 5.74) is 3.58. The van der Waals surface area contributed by atoms with Gasteiger partial charge in [-0.25, -0.2) is 0 Å². The molecule has 0 aliphatic rings. The number of nitrogens with one attached hydrogen (secondary N) is 1. The van der Waals surface area contributed by atoms with Crippen LogP contribution in [0.15, 0.2) is 18.2 Å². The maximum absolute atomic E-state index is 5.90. The third-order valence-corrected chi connectivity index (χ3v) is 2.15. The molecule has 12 heavy (non-hydrogen) atoms. The molecule has 1 aromatic rings. The summed E-state index contributed by atoms with van der Waals surface area (Å²) in [7, 11) is 0. The molecule has 0 saturated carbocycles. The van der Waals surface area contributed by atoms with Gasteiger partial charge in [0.25, 0.3) is 0 Å². The van der Waals surface area contributed by atoms with E-state index >= 15 is 0 Å². The molecule has 0 unspecified atom stereocenters. The minimum absolute atomic E-state index is 0.695. The maximum Gasteiger partial charge on any atom is 0.0439 e. The van der Waals surface area contributed by atoms with Crippen molar-refractivity contribution in [2.75, 3.05) is 6.54 Å². The van der Waals surface area contributed by atoms with Crippen molar-refractivity contribution >= 4 is 23.2 Å². The van der Waals surface area contributed by atoms with Crippen LogP contribution >= 0.6 is 23.2 Å². The highest BCUT2D eigenvalue weighted by molar-refractivity contribution is 6.33. The number of benzene rings is 1. The molecule has 0 saturated heterocycles. The summed E-state index contributed by atoms with van der Waals surface area (Å²) >= 11 is 11.7. The Morgan fingerprint density at radius 2 is 2.08 bits per heavy atom. The molecule has 0 atom stereocenters. The van der Waals surface area contributed by atoms with E-state index in [-0.39, 0.29) is 0 Å². The number of hydrogen-bond donors (Lipinski definition) is 2. The molecule has 0 aliphatic carbocycles. The molecule has 0 bridgehead atoms. The van der Waals surface area contributed by atoms with Crippen LogP contribution in [0.4, 0.5) is 0 Å². The van der Waals surface area contributed by atoms with E-state index in [2.05, 4.69) is 5.43 Å². The molecule has 2 nitrogen and oxygen atoms in total. The molecule has 0 aliphatic heterocycles. The average Bonchev–Trinajstić information content (AvgIpc) is 2.07. The molecule has 4 heteroatoms. The molecule has 0 radical (unpaired) electrons. The SMILES string of the molecule is NNCCc1cc(Cl)ccc1Cl. The van der Waals surface area contributed by atoms with E-state index in [0.29, 0.717) is 11.6 Å². The Balaban J connectivity index is 2.75. The molecule has 3 N–H and O–H groups in total. The van der Waals surface area contributed by atoms with E-state index in [1.807, 2.05) is 6.07 Å². The topological polar surface area (TPSA) is 38.0 Å². The summed E-state index contributed by atoms with van der Waals surface area (Å²) in [6, 6.07) is 5.40. The highest BCUT2D eigenvalue weighted by Crippen LogP contribution is 2.20. The van der Waals surface area contributed by atoms with Crippen LogP contribution in [0.2, 0.25) is 10.0 Å². The first-order valence-electron chi connectivity index (χ1n) is 3.61. The number of hydrogen-bond acceptors (Lipinski definition) is 2. The van der Waals surface area contributed by atoms with Gasteiger partial charge >= 0.3 is 0 Å². The Morgan fingerprint density at radius 3 is 2.75 bits per heavy atom. The highest BCUT2D eigenvalue weighted by atomic mass is 35.5. The second-order valence-corrected chi connectivity index (χ2v) is 3.28. The Morgan fingerprint density at radius 1 is 1.33 bits per heavy atom. The van der Waals surface area contributed by atoms with Gasteiger partial charge in [-0.05, 0) is 30.2 Å². The number of nitrogens with two attached hydrogens (primary N) is 1. The van der Waals surface area contributed by atoms with Crippen LogP contribution in [0.25, 0.3) is 0 Å². The number of rotatable bonds is 3. The van der Waals surface area contributed by atoms with Crippen molar-refractivity contribution in [2.24, 2.45) is 5.84 Å². The summed E-state index contributed by atoms with van der Waals surface area (Å²) in [4.78, 5) is 0. The fourth-order valence-corrected chi connectivity index (χ4v) is 1.35. The Kier molecular flexibility index (Phi) is 3.82. The lowest BCUT2D eigenvalue weighted by Gasteiger charge is -2.03. The summed E-state index contributed by atoms with van der Waals surface area (Å²) in [6.45, 7) is 0.695. The minimum atomic E-state index is 0.695.